The minimum atomic E-state index is -1.68. The standard InChI is InChI=1S/C11H21O6/c1-4-14-7-8-17-11(16-6-3)9(12)10(13)15-5-2/h9,11H,4-8H2,1-3H3. The van der Waals surface area contributed by atoms with E-state index in [2.05, 4.69) is 4.74 Å². The molecular weight excluding hydrogens is 228 g/mol. The first-order chi connectivity index (χ1) is 8.17. The van der Waals surface area contributed by atoms with E-state index in [4.69, 9.17) is 14.2 Å². The lowest BCUT2D eigenvalue weighted by molar-refractivity contribution is -0.221. The Labute approximate surface area is 102 Å². The molecule has 2 atom stereocenters. The van der Waals surface area contributed by atoms with E-state index in [9.17, 15) is 9.90 Å². The molecule has 6 heteroatoms. The Balaban J connectivity index is 4.05. The fourth-order valence-electron chi connectivity index (χ4n) is 1.09. The van der Waals surface area contributed by atoms with Gasteiger partial charge >= 0.3 is 5.97 Å². The van der Waals surface area contributed by atoms with Crippen LogP contribution in [0.1, 0.15) is 20.8 Å². The molecule has 0 aromatic heterocycles. The second-order valence-electron chi connectivity index (χ2n) is 3.06. The first kappa shape index (κ1) is 16.3. The van der Waals surface area contributed by atoms with E-state index in [0.717, 1.165) is 0 Å². The second kappa shape index (κ2) is 10.5. The van der Waals surface area contributed by atoms with Crippen LogP contribution in [-0.2, 0) is 28.8 Å². The molecule has 0 amide bonds. The summed E-state index contributed by atoms with van der Waals surface area (Å²) in [5.41, 5.74) is 0. The molecule has 0 bridgehead atoms. The van der Waals surface area contributed by atoms with Gasteiger partial charge in [0.1, 0.15) is 0 Å². The number of hydrogen-bond donors (Lipinski definition) is 0. The minimum Gasteiger partial charge on any atom is -0.464 e. The van der Waals surface area contributed by atoms with Gasteiger partial charge in [-0.2, -0.15) is 0 Å². The highest BCUT2D eigenvalue weighted by Crippen LogP contribution is 2.05. The van der Waals surface area contributed by atoms with Crippen LogP contribution in [0.3, 0.4) is 0 Å². The van der Waals surface area contributed by atoms with E-state index in [1.165, 1.54) is 0 Å². The molecule has 17 heavy (non-hydrogen) atoms. The molecule has 0 aromatic rings. The van der Waals surface area contributed by atoms with E-state index in [-0.39, 0.29) is 19.8 Å². The Morgan fingerprint density at radius 3 is 2.24 bits per heavy atom. The van der Waals surface area contributed by atoms with Crippen molar-refractivity contribution in [1.29, 1.82) is 0 Å². The number of ether oxygens (including phenoxy) is 4. The zero-order valence-corrected chi connectivity index (χ0v) is 10.6. The molecule has 0 aromatic carbocycles. The van der Waals surface area contributed by atoms with Gasteiger partial charge in [-0.05, 0) is 20.8 Å². The summed E-state index contributed by atoms with van der Waals surface area (Å²) < 4.78 is 19.9. The second-order valence-corrected chi connectivity index (χ2v) is 3.06. The van der Waals surface area contributed by atoms with Gasteiger partial charge in [0, 0.05) is 13.2 Å². The number of hydrogen-bond acceptors (Lipinski definition) is 5. The normalized spacial score (nSPS) is 14.4. The quantitative estimate of drug-likeness (QED) is 0.325. The van der Waals surface area contributed by atoms with Crippen LogP contribution in [0.4, 0.5) is 0 Å². The average molecular weight is 249 g/mol. The lowest BCUT2D eigenvalue weighted by Gasteiger charge is -2.20. The van der Waals surface area contributed by atoms with Gasteiger partial charge in [0.2, 0.25) is 6.10 Å². The molecule has 0 aliphatic heterocycles. The Kier molecular flexibility index (Phi) is 10.0. The van der Waals surface area contributed by atoms with Crippen molar-refractivity contribution in [3.8, 4) is 0 Å². The predicted molar refractivity (Wildman–Crippen MR) is 59.0 cm³/mol. The molecule has 0 aliphatic rings. The van der Waals surface area contributed by atoms with Gasteiger partial charge < -0.3 is 18.9 Å². The Hall–Kier alpha value is -0.690. The highest BCUT2D eigenvalue weighted by Gasteiger charge is 2.30. The molecule has 0 saturated carbocycles. The van der Waals surface area contributed by atoms with Crippen molar-refractivity contribution in [2.45, 2.75) is 33.2 Å². The van der Waals surface area contributed by atoms with Crippen molar-refractivity contribution in [3.63, 3.8) is 0 Å². The highest BCUT2D eigenvalue weighted by atomic mass is 16.7. The third kappa shape index (κ3) is 7.27. The number of carbonyl (C=O) groups is 1. The van der Waals surface area contributed by atoms with Crippen LogP contribution in [0, 0.1) is 0 Å². The molecule has 0 heterocycles. The first-order valence-corrected chi connectivity index (χ1v) is 5.80. The fraction of sp³-hybridized carbons (Fsp3) is 0.909. The van der Waals surface area contributed by atoms with Gasteiger partial charge in [0.25, 0.3) is 0 Å². The van der Waals surface area contributed by atoms with Crippen LogP contribution >= 0.6 is 0 Å². The van der Waals surface area contributed by atoms with Crippen molar-refractivity contribution >= 4 is 5.97 Å². The smallest absolute Gasteiger partial charge is 0.344 e. The third-order valence-electron chi connectivity index (χ3n) is 1.81. The van der Waals surface area contributed by atoms with E-state index < -0.39 is 18.4 Å². The van der Waals surface area contributed by atoms with Crippen LogP contribution < -0.4 is 0 Å². The fourth-order valence-corrected chi connectivity index (χ4v) is 1.09. The monoisotopic (exact) mass is 249 g/mol. The summed E-state index contributed by atoms with van der Waals surface area (Å²) >= 11 is 0. The van der Waals surface area contributed by atoms with E-state index in [0.29, 0.717) is 13.2 Å². The molecule has 101 valence electrons. The zero-order valence-electron chi connectivity index (χ0n) is 10.6. The maximum Gasteiger partial charge on any atom is 0.344 e. The van der Waals surface area contributed by atoms with Crippen LogP contribution in [0.2, 0.25) is 0 Å². The van der Waals surface area contributed by atoms with Crippen LogP contribution in [0.15, 0.2) is 0 Å². The van der Waals surface area contributed by atoms with E-state index in [1.807, 2.05) is 6.92 Å². The summed E-state index contributed by atoms with van der Waals surface area (Å²) in [5.74, 6) is -0.859. The van der Waals surface area contributed by atoms with Crippen molar-refractivity contribution < 1.29 is 28.8 Å². The summed E-state index contributed by atoms with van der Waals surface area (Å²) in [5, 5.41) is 11.6. The SMILES string of the molecule is CCOCCOC(OCC)C([O])C(=O)OCC. The summed E-state index contributed by atoms with van der Waals surface area (Å²) in [7, 11) is 0. The summed E-state index contributed by atoms with van der Waals surface area (Å²) in [6, 6.07) is 0. The molecule has 6 nitrogen and oxygen atoms in total. The predicted octanol–water partition coefficient (Wildman–Crippen LogP) is 0.764. The van der Waals surface area contributed by atoms with Gasteiger partial charge in [-0.15, -0.1) is 0 Å². The zero-order chi connectivity index (χ0) is 13.1. The number of esters is 1. The van der Waals surface area contributed by atoms with E-state index in [1.54, 1.807) is 13.8 Å². The van der Waals surface area contributed by atoms with Gasteiger partial charge in [-0.3, -0.25) is 0 Å². The van der Waals surface area contributed by atoms with Gasteiger partial charge in [-0.25, -0.2) is 9.90 Å². The van der Waals surface area contributed by atoms with Crippen molar-refractivity contribution in [3.05, 3.63) is 0 Å². The van der Waals surface area contributed by atoms with Crippen molar-refractivity contribution in [1.82, 2.24) is 0 Å². The Morgan fingerprint density at radius 1 is 1.00 bits per heavy atom. The molecule has 0 rings (SSSR count). The maximum atomic E-state index is 11.6. The molecule has 0 saturated heterocycles. The van der Waals surface area contributed by atoms with Crippen LogP contribution in [-0.4, -0.2) is 51.4 Å². The van der Waals surface area contributed by atoms with E-state index >= 15 is 0 Å². The number of rotatable bonds is 10. The van der Waals surface area contributed by atoms with Crippen molar-refractivity contribution in [2.75, 3.05) is 33.0 Å². The lowest BCUT2D eigenvalue weighted by atomic mass is 10.3. The minimum absolute atomic E-state index is 0.162. The third-order valence-corrected chi connectivity index (χ3v) is 1.81. The summed E-state index contributed by atoms with van der Waals surface area (Å²) in [6.07, 6.45) is -2.81. The summed E-state index contributed by atoms with van der Waals surface area (Å²) in [4.78, 5) is 11.2. The Bertz CT molecular complexity index is 196. The molecule has 0 N–H and O–H groups in total. The van der Waals surface area contributed by atoms with Crippen molar-refractivity contribution in [2.24, 2.45) is 0 Å². The molecular formula is C11H21O6. The molecule has 0 aliphatic carbocycles. The largest absolute Gasteiger partial charge is 0.464 e. The first-order valence-electron chi connectivity index (χ1n) is 5.80. The topological polar surface area (TPSA) is 73.9 Å². The summed E-state index contributed by atoms with van der Waals surface area (Å²) in [6.45, 7) is 6.79. The average Bonchev–Trinajstić information content (AvgIpc) is 2.32. The van der Waals surface area contributed by atoms with Gasteiger partial charge in [-0.1, -0.05) is 0 Å². The highest BCUT2D eigenvalue weighted by molar-refractivity contribution is 5.74. The number of carbonyl (C=O) groups excluding carboxylic acids is 1. The molecule has 0 fully saturated rings. The maximum absolute atomic E-state index is 11.6. The lowest BCUT2D eigenvalue weighted by Crippen LogP contribution is -2.39. The Morgan fingerprint density at radius 2 is 1.71 bits per heavy atom. The molecule has 2 unspecified atom stereocenters. The molecule has 0 spiro atoms. The van der Waals surface area contributed by atoms with Gasteiger partial charge in [0.05, 0.1) is 19.8 Å². The van der Waals surface area contributed by atoms with Gasteiger partial charge in [0.15, 0.2) is 6.29 Å². The molecule has 1 radical (unpaired) electrons. The van der Waals surface area contributed by atoms with Crippen LogP contribution in [0.5, 0.6) is 0 Å². The van der Waals surface area contributed by atoms with Crippen LogP contribution in [0.25, 0.3) is 0 Å².